The van der Waals surface area contributed by atoms with E-state index in [0.717, 1.165) is 0 Å². The van der Waals surface area contributed by atoms with Crippen molar-refractivity contribution in [3.63, 3.8) is 0 Å². The largest absolute Gasteiger partial charge is 0.456 e. The smallest absolute Gasteiger partial charge is 0.306 e. The van der Waals surface area contributed by atoms with Crippen LogP contribution < -0.4 is 0 Å². The third-order valence-electron chi connectivity index (χ3n) is 2.52. The molecule has 3 N–H and O–H groups in total. The zero-order valence-electron chi connectivity index (χ0n) is 9.37. The summed E-state index contributed by atoms with van der Waals surface area (Å²) in [5.74, 6) is -0.507. The molecule has 0 amide bonds. The monoisotopic (exact) mass is 234 g/mol. The Labute approximate surface area is 93.8 Å². The molecule has 5 atom stereocenters. The number of esters is 1. The third kappa shape index (κ3) is 2.91. The second kappa shape index (κ2) is 5.58. The number of hydrogen-bond acceptors (Lipinski definition) is 6. The first-order valence-electron chi connectivity index (χ1n) is 5.36. The molecule has 6 heteroatoms. The van der Waals surface area contributed by atoms with E-state index in [9.17, 15) is 20.1 Å². The van der Waals surface area contributed by atoms with Crippen molar-refractivity contribution in [2.45, 2.75) is 57.4 Å². The Bertz CT molecular complexity index is 229. The molecule has 1 aliphatic heterocycles. The van der Waals surface area contributed by atoms with Crippen LogP contribution >= 0.6 is 0 Å². The lowest BCUT2D eigenvalue weighted by Crippen LogP contribution is -2.58. The molecule has 1 saturated heterocycles. The minimum absolute atomic E-state index is 0.210. The van der Waals surface area contributed by atoms with Gasteiger partial charge in [0.05, 0.1) is 6.10 Å². The van der Waals surface area contributed by atoms with Crippen molar-refractivity contribution in [3.05, 3.63) is 0 Å². The lowest BCUT2D eigenvalue weighted by Gasteiger charge is -2.38. The number of rotatable bonds is 3. The Morgan fingerprint density at radius 3 is 2.50 bits per heavy atom. The van der Waals surface area contributed by atoms with E-state index in [1.54, 1.807) is 0 Å². The summed E-state index contributed by atoms with van der Waals surface area (Å²) in [5.41, 5.74) is 0. The molecule has 0 aromatic heterocycles. The summed E-state index contributed by atoms with van der Waals surface area (Å²) in [6.07, 6.45) is -5.02. The van der Waals surface area contributed by atoms with Gasteiger partial charge >= 0.3 is 5.97 Å². The van der Waals surface area contributed by atoms with E-state index in [0.29, 0.717) is 6.42 Å². The van der Waals surface area contributed by atoms with E-state index in [-0.39, 0.29) is 6.42 Å². The van der Waals surface area contributed by atoms with E-state index in [1.165, 1.54) is 6.92 Å². The van der Waals surface area contributed by atoms with Gasteiger partial charge in [-0.1, -0.05) is 6.92 Å². The first-order valence-corrected chi connectivity index (χ1v) is 5.36. The third-order valence-corrected chi connectivity index (χ3v) is 2.52. The summed E-state index contributed by atoms with van der Waals surface area (Å²) in [6, 6.07) is 0. The number of ether oxygens (including phenoxy) is 2. The van der Waals surface area contributed by atoms with Crippen molar-refractivity contribution >= 4 is 5.97 Å². The van der Waals surface area contributed by atoms with Crippen LogP contribution in [0.3, 0.4) is 0 Å². The molecule has 0 saturated carbocycles. The quantitative estimate of drug-likeness (QED) is 0.551. The topological polar surface area (TPSA) is 96.2 Å². The second-order valence-corrected chi connectivity index (χ2v) is 3.92. The summed E-state index contributed by atoms with van der Waals surface area (Å²) in [5, 5.41) is 28.5. The standard InChI is InChI=1S/C10H18O6/c1-3-4-6(11)16-9-7(12)5(2)15-10(14)8(9)13/h5,7-10,12-14H,3-4H2,1-2H3/t5-,7-,8-,9+,10-/m1/s1. The Kier molecular flexibility index (Phi) is 4.67. The lowest BCUT2D eigenvalue weighted by molar-refractivity contribution is -0.281. The SMILES string of the molecule is CCCC(=O)O[C@@H]1[C@@H](O)[C@H](O)O[C@H](C)[C@H]1O. The summed E-state index contributed by atoms with van der Waals surface area (Å²) in [7, 11) is 0. The van der Waals surface area contributed by atoms with Gasteiger partial charge in [0.1, 0.15) is 12.2 Å². The van der Waals surface area contributed by atoms with E-state index < -0.39 is 36.7 Å². The molecule has 94 valence electrons. The van der Waals surface area contributed by atoms with Gasteiger partial charge in [-0.15, -0.1) is 0 Å². The number of aliphatic hydroxyl groups excluding tert-OH is 3. The van der Waals surface area contributed by atoms with Crippen LogP contribution in [0.2, 0.25) is 0 Å². The number of carbonyl (C=O) groups excluding carboxylic acids is 1. The van der Waals surface area contributed by atoms with E-state index in [2.05, 4.69) is 0 Å². The highest BCUT2D eigenvalue weighted by Gasteiger charge is 2.44. The fourth-order valence-electron chi connectivity index (χ4n) is 1.57. The van der Waals surface area contributed by atoms with Gasteiger partial charge < -0.3 is 24.8 Å². The average molecular weight is 234 g/mol. The predicted molar refractivity (Wildman–Crippen MR) is 53.4 cm³/mol. The van der Waals surface area contributed by atoms with Crippen molar-refractivity contribution in [3.8, 4) is 0 Å². The molecule has 16 heavy (non-hydrogen) atoms. The molecule has 1 fully saturated rings. The molecule has 1 aliphatic rings. The fourth-order valence-corrected chi connectivity index (χ4v) is 1.57. The van der Waals surface area contributed by atoms with Crippen LogP contribution in [0.15, 0.2) is 0 Å². The van der Waals surface area contributed by atoms with Gasteiger partial charge in [-0.05, 0) is 13.3 Å². The first-order chi connectivity index (χ1) is 7.47. The first kappa shape index (κ1) is 13.4. The molecule has 1 heterocycles. The number of aliphatic hydroxyl groups is 3. The van der Waals surface area contributed by atoms with E-state index >= 15 is 0 Å². The van der Waals surface area contributed by atoms with Gasteiger partial charge in [0, 0.05) is 6.42 Å². The Hall–Kier alpha value is -0.690. The number of hydrogen-bond donors (Lipinski definition) is 3. The van der Waals surface area contributed by atoms with Gasteiger partial charge in [-0.2, -0.15) is 0 Å². The number of carbonyl (C=O) groups is 1. The maximum absolute atomic E-state index is 11.2. The molecular formula is C10H18O6. The van der Waals surface area contributed by atoms with Gasteiger partial charge in [0.2, 0.25) is 0 Å². The van der Waals surface area contributed by atoms with Gasteiger partial charge in [0.25, 0.3) is 0 Å². The molecule has 0 spiro atoms. The highest BCUT2D eigenvalue weighted by molar-refractivity contribution is 5.69. The van der Waals surface area contributed by atoms with Crippen LogP contribution in [0.4, 0.5) is 0 Å². The Balaban J connectivity index is 2.63. The van der Waals surface area contributed by atoms with Crippen LogP contribution in [0.1, 0.15) is 26.7 Å². The summed E-state index contributed by atoms with van der Waals surface area (Å²) in [6.45, 7) is 3.34. The van der Waals surface area contributed by atoms with Crippen molar-refractivity contribution in [1.29, 1.82) is 0 Å². The maximum Gasteiger partial charge on any atom is 0.306 e. The molecule has 0 aromatic rings. The highest BCUT2D eigenvalue weighted by Crippen LogP contribution is 2.22. The lowest BCUT2D eigenvalue weighted by atomic mass is 10.00. The molecule has 0 bridgehead atoms. The van der Waals surface area contributed by atoms with Crippen molar-refractivity contribution < 1.29 is 29.6 Å². The van der Waals surface area contributed by atoms with Gasteiger partial charge in [-0.25, -0.2) is 0 Å². The predicted octanol–water partition coefficient (Wildman–Crippen LogP) is -0.843. The minimum atomic E-state index is -1.45. The molecular weight excluding hydrogens is 216 g/mol. The second-order valence-electron chi connectivity index (χ2n) is 3.92. The summed E-state index contributed by atoms with van der Waals surface area (Å²) >= 11 is 0. The molecule has 1 rings (SSSR count). The maximum atomic E-state index is 11.2. The zero-order valence-corrected chi connectivity index (χ0v) is 9.37. The van der Waals surface area contributed by atoms with Gasteiger partial charge in [0.15, 0.2) is 12.4 Å². The van der Waals surface area contributed by atoms with Crippen LogP contribution in [-0.4, -0.2) is 52.0 Å². The van der Waals surface area contributed by atoms with E-state index in [1.807, 2.05) is 6.92 Å². The zero-order chi connectivity index (χ0) is 12.3. The fraction of sp³-hybridized carbons (Fsp3) is 0.900. The summed E-state index contributed by atoms with van der Waals surface area (Å²) in [4.78, 5) is 11.2. The van der Waals surface area contributed by atoms with Crippen molar-refractivity contribution in [2.24, 2.45) is 0 Å². The van der Waals surface area contributed by atoms with E-state index in [4.69, 9.17) is 9.47 Å². The summed E-state index contributed by atoms with van der Waals surface area (Å²) < 4.78 is 9.76. The average Bonchev–Trinajstić information content (AvgIpc) is 2.22. The minimum Gasteiger partial charge on any atom is -0.456 e. The van der Waals surface area contributed by atoms with Crippen molar-refractivity contribution in [2.75, 3.05) is 0 Å². The molecule has 0 aliphatic carbocycles. The molecule has 0 unspecified atom stereocenters. The normalized spacial score (nSPS) is 39.4. The van der Waals surface area contributed by atoms with Crippen molar-refractivity contribution in [1.82, 2.24) is 0 Å². The van der Waals surface area contributed by atoms with Crippen LogP contribution in [-0.2, 0) is 14.3 Å². The van der Waals surface area contributed by atoms with Gasteiger partial charge in [-0.3, -0.25) is 4.79 Å². The molecule has 6 nitrogen and oxygen atoms in total. The molecule has 0 radical (unpaired) electrons. The molecule has 0 aromatic carbocycles. The Morgan fingerprint density at radius 1 is 1.31 bits per heavy atom. The van der Waals surface area contributed by atoms with Crippen LogP contribution in [0.25, 0.3) is 0 Å². The Morgan fingerprint density at radius 2 is 1.94 bits per heavy atom. The van der Waals surface area contributed by atoms with Crippen LogP contribution in [0.5, 0.6) is 0 Å². The van der Waals surface area contributed by atoms with Crippen LogP contribution in [0, 0.1) is 0 Å². The highest BCUT2D eigenvalue weighted by atomic mass is 16.6.